The van der Waals surface area contributed by atoms with Gasteiger partial charge in [-0.05, 0) is 17.7 Å². The molecule has 1 aromatic carbocycles. The van der Waals surface area contributed by atoms with Crippen LogP contribution in [0.2, 0.25) is 0 Å². The second kappa shape index (κ2) is 10.9. The minimum atomic E-state index is -0.250. The van der Waals surface area contributed by atoms with Crippen molar-refractivity contribution in [3.05, 3.63) is 42.1 Å². The average molecular weight is 376 g/mol. The van der Waals surface area contributed by atoms with E-state index in [9.17, 15) is 4.79 Å². The molecule has 9 heteroatoms. The number of morpholine rings is 1. The summed E-state index contributed by atoms with van der Waals surface area (Å²) in [6, 6.07) is 9.58. The highest BCUT2D eigenvalue weighted by Gasteiger charge is 2.11. The van der Waals surface area contributed by atoms with E-state index in [1.165, 1.54) is 5.56 Å². The summed E-state index contributed by atoms with van der Waals surface area (Å²) in [4.78, 5) is 22.6. The van der Waals surface area contributed by atoms with Crippen molar-refractivity contribution in [1.29, 1.82) is 0 Å². The van der Waals surface area contributed by atoms with Crippen LogP contribution in [0, 0.1) is 0 Å². The van der Waals surface area contributed by atoms with E-state index in [0.29, 0.717) is 11.6 Å². The van der Waals surface area contributed by atoms with Crippen molar-refractivity contribution in [2.24, 2.45) is 7.05 Å². The molecule has 0 spiro atoms. The lowest BCUT2D eigenvalue weighted by molar-refractivity contribution is -0.123. The summed E-state index contributed by atoms with van der Waals surface area (Å²) in [6.45, 7) is 4.02. The van der Waals surface area contributed by atoms with Crippen LogP contribution >= 0.6 is 0 Å². The van der Waals surface area contributed by atoms with Crippen molar-refractivity contribution in [3.8, 4) is 5.75 Å². The molecule has 1 saturated heterocycles. The van der Waals surface area contributed by atoms with Gasteiger partial charge in [0.05, 0.1) is 13.2 Å². The van der Waals surface area contributed by atoms with E-state index in [0.717, 1.165) is 32.8 Å². The molecule has 1 fully saturated rings. The number of aromatic nitrogens is 2. The predicted molar refractivity (Wildman–Crippen MR) is 98.6 cm³/mol. The van der Waals surface area contributed by atoms with E-state index in [2.05, 4.69) is 21.4 Å². The summed E-state index contributed by atoms with van der Waals surface area (Å²) >= 11 is 0. The lowest BCUT2D eigenvalue weighted by atomic mass is 10.2. The number of benzene rings is 1. The molecular formula is C18H24N4O5. The molecule has 1 aliphatic heterocycles. The average Bonchev–Trinajstić information content (AvgIpc) is 3.06. The minimum absolute atomic E-state index is 0.0441. The van der Waals surface area contributed by atoms with Crippen LogP contribution in [-0.2, 0) is 27.9 Å². The smallest absolute Gasteiger partial charge is 0.290 e. The Balaban J connectivity index is 0.000000817. The Labute approximate surface area is 157 Å². The van der Waals surface area contributed by atoms with Crippen molar-refractivity contribution in [1.82, 2.24) is 14.7 Å². The summed E-state index contributed by atoms with van der Waals surface area (Å²) in [7, 11) is 1.80. The van der Waals surface area contributed by atoms with Crippen molar-refractivity contribution in [2.75, 3.05) is 38.2 Å². The van der Waals surface area contributed by atoms with Gasteiger partial charge in [-0.25, -0.2) is 0 Å². The van der Waals surface area contributed by atoms with E-state index < -0.39 is 0 Å². The molecule has 1 aliphatic rings. The molecule has 146 valence electrons. The van der Waals surface area contributed by atoms with Crippen LogP contribution in [0.1, 0.15) is 5.56 Å². The maximum Gasteiger partial charge on any atom is 0.290 e. The third kappa shape index (κ3) is 7.47. The Hall–Kier alpha value is -2.91. The Morgan fingerprint density at radius 3 is 2.78 bits per heavy atom. The van der Waals surface area contributed by atoms with Crippen LogP contribution in [0.3, 0.4) is 0 Å². The van der Waals surface area contributed by atoms with Gasteiger partial charge in [-0.15, -0.1) is 0 Å². The van der Waals surface area contributed by atoms with E-state index in [1.54, 1.807) is 24.0 Å². The molecule has 3 rings (SSSR count). The zero-order valence-corrected chi connectivity index (χ0v) is 15.2. The third-order valence-corrected chi connectivity index (χ3v) is 3.76. The molecule has 27 heavy (non-hydrogen) atoms. The van der Waals surface area contributed by atoms with Gasteiger partial charge in [0.15, 0.2) is 12.4 Å². The molecule has 9 nitrogen and oxygen atoms in total. The Morgan fingerprint density at radius 1 is 1.37 bits per heavy atom. The van der Waals surface area contributed by atoms with Gasteiger partial charge in [0, 0.05) is 38.9 Å². The van der Waals surface area contributed by atoms with Gasteiger partial charge in [0.1, 0.15) is 5.75 Å². The van der Waals surface area contributed by atoms with Gasteiger partial charge in [-0.1, -0.05) is 12.1 Å². The molecule has 0 unspecified atom stereocenters. The highest BCUT2D eigenvalue weighted by atomic mass is 16.5. The van der Waals surface area contributed by atoms with Gasteiger partial charge >= 0.3 is 0 Å². The van der Waals surface area contributed by atoms with Gasteiger partial charge in [0.2, 0.25) is 0 Å². The van der Waals surface area contributed by atoms with Crippen molar-refractivity contribution < 1.29 is 24.2 Å². The number of carbonyl (C=O) groups excluding carboxylic acids is 1. The highest BCUT2D eigenvalue weighted by Crippen LogP contribution is 2.15. The summed E-state index contributed by atoms with van der Waals surface area (Å²) in [5.41, 5.74) is 1.17. The first-order valence-corrected chi connectivity index (χ1v) is 8.50. The van der Waals surface area contributed by atoms with Crippen LogP contribution in [0.15, 0.2) is 36.5 Å². The van der Waals surface area contributed by atoms with E-state index >= 15 is 0 Å². The molecule has 2 aromatic rings. The molecule has 0 aliphatic carbocycles. The van der Waals surface area contributed by atoms with Crippen LogP contribution in [0.4, 0.5) is 5.82 Å². The minimum Gasteiger partial charge on any atom is -0.484 e. The molecule has 0 radical (unpaired) electrons. The van der Waals surface area contributed by atoms with Crippen molar-refractivity contribution >= 4 is 18.2 Å². The third-order valence-electron chi connectivity index (χ3n) is 3.76. The Bertz CT molecular complexity index is 728. The van der Waals surface area contributed by atoms with Crippen molar-refractivity contribution in [3.63, 3.8) is 0 Å². The first-order chi connectivity index (χ1) is 13.1. The number of anilines is 1. The standard InChI is InChI=1S/C17H22N4O3.CH2O2/c1-20-6-5-16(19-20)18-17(22)13-24-15-4-2-3-14(11-15)12-21-7-9-23-10-8-21;2-1-3/h2-6,11H,7-10,12-13H2,1H3,(H,18,19,22);1H,(H,2,3). The zero-order valence-electron chi connectivity index (χ0n) is 15.2. The molecule has 0 bridgehead atoms. The summed E-state index contributed by atoms with van der Waals surface area (Å²) < 4.78 is 12.6. The fourth-order valence-corrected chi connectivity index (χ4v) is 2.56. The number of ether oxygens (including phenoxy) is 2. The predicted octanol–water partition coefficient (Wildman–Crippen LogP) is 0.971. The Morgan fingerprint density at radius 2 is 2.11 bits per heavy atom. The molecular weight excluding hydrogens is 352 g/mol. The Kier molecular flexibility index (Phi) is 8.27. The number of carbonyl (C=O) groups is 2. The highest BCUT2D eigenvalue weighted by molar-refractivity contribution is 5.90. The molecule has 1 amide bonds. The van der Waals surface area contributed by atoms with Crippen LogP contribution in [0.25, 0.3) is 0 Å². The number of amides is 1. The number of hydrogen-bond donors (Lipinski definition) is 2. The number of aryl methyl sites for hydroxylation is 1. The number of rotatable bonds is 6. The zero-order chi connectivity index (χ0) is 19.5. The molecule has 0 saturated carbocycles. The van der Waals surface area contributed by atoms with Crippen LogP contribution in [-0.4, -0.2) is 65.1 Å². The summed E-state index contributed by atoms with van der Waals surface area (Å²) in [5, 5.41) is 13.7. The first-order valence-electron chi connectivity index (χ1n) is 8.50. The lowest BCUT2D eigenvalue weighted by Crippen LogP contribution is -2.35. The van der Waals surface area contributed by atoms with E-state index in [1.807, 2.05) is 18.2 Å². The molecule has 0 atom stereocenters. The second-order valence-corrected chi connectivity index (χ2v) is 5.85. The number of nitrogens with zero attached hydrogens (tertiary/aromatic N) is 3. The second-order valence-electron chi connectivity index (χ2n) is 5.85. The van der Waals surface area contributed by atoms with E-state index in [4.69, 9.17) is 19.4 Å². The monoisotopic (exact) mass is 376 g/mol. The van der Waals surface area contributed by atoms with Gasteiger partial charge < -0.3 is 19.9 Å². The van der Waals surface area contributed by atoms with Crippen LogP contribution < -0.4 is 10.1 Å². The normalized spacial score (nSPS) is 14.0. The summed E-state index contributed by atoms with van der Waals surface area (Å²) in [6.07, 6.45) is 1.77. The van der Waals surface area contributed by atoms with Gasteiger partial charge in [0.25, 0.3) is 12.4 Å². The fraction of sp³-hybridized carbons (Fsp3) is 0.389. The SMILES string of the molecule is Cn1ccc(NC(=O)COc2cccc(CN3CCOCC3)c2)n1.O=CO. The first kappa shape index (κ1) is 20.4. The summed E-state index contributed by atoms with van der Waals surface area (Å²) in [5.74, 6) is 0.983. The quantitative estimate of drug-likeness (QED) is 0.724. The number of carboxylic acid groups (broad SMARTS) is 1. The maximum atomic E-state index is 11.9. The topological polar surface area (TPSA) is 106 Å². The fourth-order valence-electron chi connectivity index (χ4n) is 2.56. The number of hydrogen-bond acceptors (Lipinski definition) is 6. The van der Waals surface area contributed by atoms with E-state index in [-0.39, 0.29) is 19.0 Å². The van der Waals surface area contributed by atoms with Gasteiger partial charge in [-0.2, -0.15) is 5.10 Å². The largest absolute Gasteiger partial charge is 0.484 e. The maximum absolute atomic E-state index is 11.9. The molecule has 1 aromatic heterocycles. The number of nitrogens with one attached hydrogen (secondary N) is 1. The van der Waals surface area contributed by atoms with Gasteiger partial charge in [-0.3, -0.25) is 19.2 Å². The lowest BCUT2D eigenvalue weighted by Gasteiger charge is -2.26. The van der Waals surface area contributed by atoms with Crippen molar-refractivity contribution in [2.45, 2.75) is 6.54 Å². The van der Waals surface area contributed by atoms with Crippen LogP contribution in [0.5, 0.6) is 5.75 Å². The molecule has 2 N–H and O–H groups in total. The molecule has 2 heterocycles.